The van der Waals surface area contributed by atoms with E-state index >= 15 is 0 Å². The lowest BCUT2D eigenvalue weighted by Gasteiger charge is -2.17. The van der Waals surface area contributed by atoms with Gasteiger partial charge in [-0.1, -0.05) is 37.3 Å². The molecule has 1 heterocycles. The third kappa shape index (κ3) is 3.95. The summed E-state index contributed by atoms with van der Waals surface area (Å²) in [7, 11) is 0. The minimum atomic E-state index is -0.401. The van der Waals surface area contributed by atoms with Gasteiger partial charge in [-0.15, -0.1) is 0 Å². The zero-order valence-corrected chi connectivity index (χ0v) is 13.5. The topological polar surface area (TPSA) is 54.3 Å². The predicted molar refractivity (Wildman–Crippen MR) is 86.2 cm³/mol. The zero-order valence-electron chi connectivity index (χ0n) is 11.9. The zero-order chi connectivity index (χ0) is 15.2. The molecule has 0 aliphatic rings. The molecule has 0 radical (unpaired) electrons. The fourth-order valence-electron chi connectivity index (χ4n) is 2.24. The fourth-order valence-corrected chi connectivity index (χ4v) is 2.71. The van der Waals surface area contributed by atoms with Gasteiger partial charge in [0.1, 0.15) is 5.69 Å². The normalized spacial score (nSPS) is 12.1. The number of aryl methyl sites for hydroxylation is 1. The molecule has 2 N–H and O–H groups in total. The van der Waals surface area contributed by atoms with Crippen molar-refractivity contribution in [3.63, 3.8) is 0 Å². The number of nitrogens with zero attached hydrogens (tertiary/aromatic N) is 1. The SMILES string of the molecule is CCCn1cc(Br)cc1C(=O)N[C@@H](CO)c1ccccc1. The van der Waals surface area contributed by atoms with Gasteiger partial charge in [0.25, 0.3) is 5.91 Å². The van der Waals surface area contributed by atoms with E-state index in [0.29, 0.717) is 5.69 Å². The van der Waals surface area contributed by atoms with Crippen molar-refractivity contribution in [2.24, 2.45) is 0 Å². The first-order chi connectivity index (χ1) is 10.2. The van der Waals surface area contributed by atoms with Crippen LogP contribution in [0.5, 0.6) is 0 Å². The summed E-state index contributed by atoms with van der Waals surface area (Å²) in [5, 5.41) is 12.4. The number of aliphatic hydroxyl groups excluding tert-OH is 1. The average molecular weight is 351 g/mol. The molecule has 0 bridgehead atoms. The second-order valence-corrected chi connectivity index (χ2v) is 5.77. The molecule has 0 unspecified atom stereocenters. The lowest BCUT2D eigenvalue weighted by Crippen LogP contribution is -2.32. The number of carbonyl (C=O) groups excluding carboxylic acids is 1. The lowest BCUT2D eigenvalue weighted by molar-refractivity contribution is 0.0906. The van der Waals surface area contributed by atoms with Crippen LogP contribution in [0.25, 0.3) is 0 Å². The Morgan fingerprint density at radius 1 is 1.38 bits per heavy atom. The Balaban J connectivity index is 2.16. The first-order valence-corrected chi connectivity index (χ1v) is 7.77. The van der Waals surface area contributed by atoms with Crippen molar-refractivity contribution in [2.45, 2.75) is 25.9 Å². The molecule has 1 aromatic heterocycles. The molecule has 4 nitrogen and oxygen atoms in total. The van der Waals surface area contributed by atoms with E-state index in [4.69, 9.17) is 0 Å². The Morgan fingerprint density at radius 2 is 2.10 bits per heavy atom. The Bertz CT molecular complexity index is 596. The van der Waals surface area contributed by atoms with Gasteiger partial charge in [0.05, 0.1) is 12.6 Å². The molecule has 1 amide bonds. The maximum atomic E-state index is 12.4. The van der Waals surface area contributed by atoms with Gasteiger partial charge in [-0.25, -0.2) is 0 Å². The second-order valence-electron chi connectivity index (χ2n) is 4.86. The van der Waals surface area contributed by atoms with Gasteiger partial charge in [0.15, 0.2) is 0 Å². The molecule has 1 aromatic carbocycles. The summed E-state index contributed by atoms with van der Waals surface area (Å²) in [5.74, 6) is -0.183. The van der Waals surface area contributed by atoms with Crippen molar-refractivity contribution in [1.82, 2.24) is 9.88 Å². The maximum Gasteiger partial charge on any atom is 0.268 e. The minimum absolute atomic E-state index is 0.134. The highest BCUT2D eigenvalue weighted by Gasteiger charge is 2.18. The molecule has 2 aromatic rings. The number of aliphatic hydroxyl groups is 1. The van der Waals surface area contributed by atoms with E-state index < -0.39 is 6.04 Å². The number of benzene rings is 1. The number of aromatic nitrogens is 1. The molecule has 5 heteroatoms. The Labute approximate surface area is 132 Å². The van der Waals surface area contributed by atoms with Crippen LogP contribution in [-0.2, 0) is 6.54 Å². The molecule has 0 aliphatic carbocycles. The molecular weight excluding hydrogens is 332 g/mol. The Kier molecular flexibility index (Phi) is 5.59. The number of hydrogen-bond donors (Lipinski definition) is 2. The molecule has 1 atom stereocenters. The first-order valence-electron chi connectivity index (χ1n) is 6.98. The summed E-state index contributed by atoms with van der Waals surface area (Å²) in [6.07, 6.45) is 2.85. The second kappa shape index (κ2) is 7.43. The van der Waals surface area contributed by atoms with Gasteiger partial charge in [-0.3, -0.25) is 4.79 Å². The van der Waals surface area contributed by atoms with Crippen LogP contribution in [0.3, 0.4) is 0 Å². The number of carbonyl (C=O) groups is 1. The van der Waals surface area contributed by atoms with E-state index in [9.17, 15) is 9.90 Å². The third-order valence-corrected chi connectivity index (χ3v) is 3.68. The maximum absolute atomic E-state index is 12.4. The minimum Gasteiger partial charge on any atom is -0.394 e. The smallest absolute Gasteiger partial charge is 0.268 e. The largest absolute Gasteiger partial charge is 0.394 e. The first kappa shape index (κ1) is 15.8. The van der Waals surface area contributed by atoms with Crippen molar-refractivity contribution >= 4 is 21.8 Å². The van der Waals surface area contributed by atoms with Gasteiger partial charge >= 0.3 is 0 Å². The van der Waals surface area contributed by atoms with Gasteiger partial charge in [-0.05, 0) is 34.0 Å². The van der Waals surface area contributed by atoms with Crippen LogP contribution in [0.1, 0.15) is 35.4 Å². The van der Waals surface area contributed by atoms with Crippen LogP contribution in [0, 0.1) is 0 Å². The van der Waals surface area contributed by atoms with Crippen LogP contribution >= 0.6 is 15.9 Å². The fraction of sp³-hybridized carbons (Fsp3) is 0.312. The monoisotopic (exact) mass is 350 g/mol. The third-order valence-electron chi connectivity index (χ3n) is 3.25. The van der Waals surface area contributed by atoms with Crippen LogP contribution in [0.4, 0.5) is 0 Å². The number of amides is 1. The molecule has 0 spiro atoms. The van der Waals surface area contributed by atoms with Crippen molar-refractivity contribution < 1.29 is 9.90 Å². The van der Waals surface area contributed by atoms with Crippen LogP contribution in [-0.4, -0.2) is 22.2 Å². The number of rotatable bonds is 6. The molecule has 0 saturated carbocycles. The lowest BCUT2D eigenvalue weighted by atomic mass is 10.1. The van der Waals surface area contributed by atoms with Crippen molar-refractivity contribution in [3.8, 4) is 0 Å². The summed E-state index contributed by atoms with van der Waals surface area (Å²) in [4.78, 5) is 12.4. The molecule has 21 heavy (non-hydrogen) atoms. The predicted octanol–water partition coefficient (Wildman–Crippen LogP) is 3.12. The molecule has 0 aliphatic heterocycles. The van der Waals surface area contributed by atoms with Gasteiger partial charge in [-0.2, -0.15) is 0 Å². The van der Waals surface area contributed by atoms with E-state index in [-0.39, 0.29) is 12.5 Å². The summed E-state index contributed by atoms with van der Waals surface area (Å²) < 4.78 is 2.79. The van der Waals surface area contributed by atoms with E-state index in [1.807, 2.05) is 41.1 Å². The highest BCUT2D eigenvalue weighted by atomic mass is 79.9. The summed E-state index contributed by atoms with van der Waals surface area (Å²) in [6, 6.07) is 10.9. The van der Waals surface area contributed by atoms with Crippen LogP contribution in [0.15, 0.2) is 47.1 Å². The number of nitrogens with one attached hydrogen (secondary N) is 1. The van der Waals surface area contributed by atoms with E-state index in [1.165, 1.54) is 0 Å². The van der Waals surface area contributed by atoms with Crippen LogP contribution in [0.2, 0.25) is 0 Å². The molecular formula is C16H19BrN2O2. The summed E-state index contributed by atoms with van der Waals surface area (Å²) >= 11 is 3.40. The average Bonchev–Trinajstić information content (AvgIpc) is 2.87. The van der Waals surface area contributed by atoms with Gasteiger partial charge in [0.2, 0.25) is 0 Å². The summed E-state index contributed by atoms with van der Waals surface area (Å²) in [6.45, 7) is 2.71. The van der Waals surface area contributed by atoms with Crippen LogP contribution < -0.4 is 5.32 Å². The Morgan fingerprint density at radius 3 is 2.71 bits per heavy atom. The van der Waals surface area contributed by atoms with E-state index in [2.05, 4.69) is 28.2 Å². The van der Waals surface area contributed by atoms with Crippen molar-refractivity contribution in [1.29, 1.82) is 0 Å². The standard InChI is InChI=1S/C16H19BrN2O2/c1-2-8-19-10-13(17)9-15(19)16(21)18-14(11-20)12-6-4-3-5-7-12/h3-7,9-10,14,20H,2,8,11H2,1H3,(H,18,21)/t14-/m0/s1. The van der Waals surface area contributed by atoms with Gasteiger partial charge in [0, 0.05) is 17.2 Å². The molecule has 2 rings (SSSR count). The van der Waals surface area contributed by atoms with E-state index in [0.717, 1.165) is 23.0 Å². The number of hydrogen-bond acceptors (Lipinski definition) is 2. The van der Waals surface area contributed by atoms with Crippen molar-refractivity contribution in [2.75, 3.05) is 6.61 Å². The highest BCUT2D eigenvalue weighted by Crippen LogP contribution is 2.18. The highest BCUT2D eigenvalue weighted by molar-refractivity contribution is 9.10. The number of halogens is 1. The quantitative estimate of drug-likeness (QED) is 0.840. The molecule has 112 valence electrons. The molecule has 0 saturated heterocycles. The van der Waals surface area contributed by atoms with Crippen molar-refractivity contribution in [3.05, 3.63) is 58.3 Å². The molecule has 0 fully saturated rings. The van der Waals surface area contributed by atoms with Gasteiger partial charge < -0.3 is 15.0 Å². The van der Waals surface area contributed by atoms with E-state index in [1.54, 1.807) is 6.07 Å². The summed E-state index contributed by atoms with van der Waals surface area (Å²) in [5.41, 5.74) is 1.49. The Hall–Kier alpha value is -1.59.